The largest absolute Gasteiger partial charge is 0.367 e. The molecule has 1 saturated heterocycles. The predicted octanol–water partition coefficient (Wildman–Crippen LogP) is 2.13. The first-order valence-electron chi connectivity index (χ1n) is 3.45. The van der Waals surface area contributed by atoms with Crippen LogP contribution in [0.5, 0.6) is 0 Å². The zero-order chi connectivity index (χ0) is 6.91. The standard InChI is InChI=1S/C8H14O/c1-4-5-6-7-8(2,3)9-7/h4,7H,1,5-6H2,2-3H3. The first-order valence-corrected chi connectivity index (χ1v) is 3.45. The minimum absolute atomic E-state index is 0.170. The fourth-order valence-electron chi connectivity index (χ4n) is 1.01. The summed E-state index contributed by atoms with van der Waals surface area (Å²) in [6.07, 6.45) is 4.65. The van der Waals surface area contributed by atoms with Crippen molar-refractivity contribution in [1.29, 1.82) is 0 Å². The molecule has 1 heteroatoms. The zero-order valence-electron chi connectivity index (χ0n) is 6.18. The minimum atomic E-state index is 0.170. The topological polar surface area (TPSA) is 12.5 Å². The molecular formula is C8H14O. The Labute approximate surface area is 56.7 Å². The van der Waals surface area contributed by atoms with Crippen LogP contribution < -0.4 is 0 Å². The van der Waals surface area contributed by atoms with Gasteiger partial charge in [0.1, 0.15) is 0 Å². The fourth-order valence-corrected chi connectivity index (χ4v) is 1.01. The number of rotatable bonds is 3. The molecule has 1 aliphatic rings. The Morgan fingerprint density at radius 1 is 1.67 bits per heavy atom. The van der Waals surface area contributed by atoms with E-state index in [1.807, 2.05) is 6.08 Å². The van der Waals surface area contributed by atoms with Crippen LogP contribution in [0.1, 0.15) is 26.7 Å². The van der Waals surface area contributed by atoms with E-state index in [4.69, 9.17) is 4.74 Å². The Hall–Kier alpha value is -0.300. The lowest BCUT2D eigenvalue weighted by Gasteiger charge is -1.91. The van der Waals surface area contributed by atoms with Crippen molar-refractivity contribution < 1.29 is 4.74 Å². The maximum atomic E-state index is 5.36. The Bertz CT molecular complexity index is 116. The maximum absolute atomic E-state index is 5.36. The average molecular weight is 126 g/mol. The fraction of sp³-hybridized carbons (Fsp3) is 0.750. The van der Waals surface area contributed by atoms with Crippen LogP contribution in [-0.4, -0.2) is 11.7 Å². The molecule has 0 aromatic rings. The number of epoxide rings is 1. The van der Waals surface area contributed by atoms with Gasteiger partial charge in [0.15, 0.2) is 0 Å². The molecule has 1 unspecified atom stereocenters. The van der Waals surface area contributed by atoms with Crippen molar-refractivity contribution in [3.63, 3.8) is 0 Å². The predicted molar refractivity (Wildman–Crippen MR) is 38.4 cm³/mol. The van der Waals surface area contributed by atoms with Crippen LogP contribution in [0.25, 0.3) is 0 Å². The molecule has 1 atom stereocenters. The molecule has 0 bridgehead atoms. The van der Waals surface area contributed by atoms with E-state index in [-0.39, 0.29) is 5.60 Å². The second-order valence-electron chi connectivity index (χ2n) is 3.08. The molecule has 0 aliphatic carbocycles. The normalized spacial score (nSPS) is 29.8. The number of allylic oxidation sites excluding steroid dienone is 1. The molecule has 0 N–H and O–H groups in total. The van der Waals surface area contributed by atoms with Gasteiger partial charge in [0.25, 0.3) is 0 Å². The van der Waals surface area contributed by atoms with E-state index in [1.54, 1.807) is 0 Å². The summed E-state index contributed by atoms with van der Waals surface area (Å²) >= 11 is 0. The molecule has 0 amide bonds. The summed E-state index contributed by atoms with van der Waals surface area (Å²) in [4.78, 5) is 0. The average Bonchev–Trinajstić information content (AvgIpc) is 2.35. The van der Waals surface area contributed by atoms with Gasteiger partial charge in [-0.3, -0.25) is 0 Å². The van der Waals surface area contributed by atoms with Crippen LogP contribution in [0.4, 0.5) is 0 Å². The Morgan fingerprint density at radius 2 is 2.22 bits per heavy atom. The molecule has 0 saturated carbocycles. The summed E-state index contributed by atoms with van der Waals surface area (Å²) in [7, 11) is 0. The van der Waals surface area contributed by atoms with Crippen LogP contribution in [0, 0.1) is 0 Å². The van der Waals surface area contributed by atoms with Gasteiger partial charge in [0.05, 0.1) is 11.7 Å². The molecule has 0 radical (unpaired) electrons. The van der Waals surface area contributed by atoms with Crippen LogP contribution in [0.15, 0.2) is 12.7 Å². The van der Waals surface area contributed by atoms with Gasteiger partial charge in [0.2, 0.25) is 0 Å². The second-order valence-corrected chi connectivity index (χ2v) is 3.08. The lowest BCUT2D eigenvalue weighted by Crippen LogP contribution is -2.01. The first kappa shape index (κ1) is 6.81. The highest BCUT2D eigenvalue weighted by atomic mass is 16.6. The summed E-state index contributed by atoms with van der Waals surface area (Å²) < 4.78 is 5.36. The Balaban J connectivity index is 2.12. The molecule has 1 rings (SSSR count). The van der Waals surface area contributed by atoms with E-state index in [0.717, 1.165) is 12.8 Å². The quantitative estimate of drug-likeness (QED) is 0.417. The summed E-state index contributed by atoms with van der Waals surface area (Å²) in [6, 6.07) is 0. The number of hydrogen-bond acceptors (Lipinski definition) is 1. The zero-order valence-corrected chi connectivity index (χ0v) is 6.18. The van der Waals surface area contributed by atoms with Crippen molar-refractivity contribution >= 4 is 0 Å². The van der Waals surface area contributed by atoms with Gasteiger partial charge in [-0.1, -0.05) is 6.08 Å². The van der Waals surface area contributed by atoms with E-state index < -0.39 is 0 Å². The van der Waals surface area contributed by atoms with Crippen molar-refractivity contribution in [2.75, 3.05) is 0 Å². The van der Waals surface area contributed by atoms with Crippen molar-refractivity contribution in [2.45, 2.75) is 38.4 Å². The molecular weight excluding hydrogens is 112 g/mol. The first-order chi connectivity index (χ1) is 4.17. The third-order valence-electron chi connectivity index (χ3n) is 1.80. The lowest BCUT2D eigenvalue weighted by atomic mass is 10.1. The highest BCUT2D eigenvalue weighted by Crippen LogP contribution is 2.38. The van der Waals surface area contributed by atoms with E-state index in [1.165, 1.54) is 0 Å². The number of hydrogen-bond donors (Lipinski definition) is 0. The van der Waals surface area contributed by atoms with Crippen LogP contribution >= 0.6 is 0 Å². The van der Waals surface area contributed by atoms with Gasteiger partial charge in [-0.25, -0.2) is 0 Å². The SMILES string of the molecule is C=CCCC1OC1(C)C. The van der Waals surface area contributed by atoms with E-state index in [2.05, 4.69) is 20.4 Å². The van der Waals surface area contributed by atoms with Gasteiger partial charge in [-0.2, -0.15) is 0 Å². The monoisotopic (exact) mass is 126 g/mol. The van der Waals surface area contributed by atoms with Gasteiger partial charge in [-0.05, 0) is 26.7 Å². The summed E-state index contributed by atoms with van der Waals surface area (Å²) in [6.45, 7) is 7.90. The van der Waals surface area contributed by atoms with Crippen molar-refractivity contribution in [3.8, 4) is 0 Å². The van der Waals surface area contributed by atoms with E-state index in [0.29, 0.717) is 6.10 Å². The molecule has 1 heterocycles. The minimum Gasteiger partial charge on any atom is -0.367 e. The van der Waals surface area contributed by atoms with Crippen molar-refractivity contribution in [3.05, 3.63) is 12.7 Å². The van der Waals surface area contributed by atoms with E-state index >= 15 is 0 Å². The smallest absolute Gasteiger partial charge is 0.0892 e. The highest BCUT2D eigenvalue weighted by Gasteiger charge is 2.46. The molecule has 52 valence electrons. The Morgan fingerprint density at radius 3 is 2.56 bits per heavy atom. The molecule has 1 fully saturated rings. The highest BCUT2D eigenvalue weighted by molar-refractivity contribution is 4.95. The van der Waals surface area contributed by atoms with E-state index in [9.17, 15) is 0 Å². The molecule has 0 aromatic carbocycles. The molecule has 0 spiro atoms. The van der Waals surface area contributed by atoms with Crippen LogP contribution in [0.3, 0.4) is 0 Å². The second kappa shape index (κ2) is 2.14. The molecule has 9 heavy (non-hydrogen) atoms. The summed E-state index contributed by atoms with van der Waals surface area (Å²) in [5.74, 6) is 0. The van der Waals surface area contributed by atoms with Crippen molar-refractivity contribution in [2.24, 2.45) is 0 Å². The molecule has 0 aromatic heterocycles. The molecule has 1 aliphatic heterocycles. The van der Waals surface area contributed by atoms with Gasteiger partial charge in [0, 0.05) is 0 Å². The summed E-state index contributed by atoms with van der Waals surface area (Å²) in [5, 5.41) is 0. The third kappa shape index (κ3) is 1.55. The summed E-state index contributed by atoms with van der Waals surface area (Å²) in [5.41, 5.74) is 0.170. The van der Waals surface area contributed by atoms with Crippen LogP contribution in [0.2, 0.25) is 0 Å². The lowest BCUT2D eigenvalue weighted by molar-refractivity contribution is 0.320. The third-order valence-corrected chi connectivity index (χ3v) is 1.80. The number of ether oxygens (including phenoxy) is 1. The van der Waals surface area contributed by atoms with Crippen molar-refractivity contribution in [1.82, 2.24) is 0 Å². The molecule has 1 nitrogen and oxygen atoms in total. The van der Waals surface area contributed by atoms with Crippen LogP contribution in [-0.2, 0) is 4.74 Å². The maximum Gasteiger partial charge on any atom is 0.0892 e. The van der Waals surface area contributed by atoms with Gasteiger partial charge >= 0.3 is 0 Å². The van der Waals surface area contributed by atoms with Gasteiger partial charge in [-0.15, -0.1) is 6.58 Å². The van der Waals surface area contributed by atoms with Gasteiger partial charge < -0.3 is 4.74 Å². The Kier molecular flexibility index (Phi) is 1.62.